The van der Waals surface area contributed by atoms with Crippen LogP contribution in [-0.2, 0) is 4.79 Å². The molecule has 0 fully saturated rings. The fraction of sp³-hybridized carbons (Fsp3) is 0.500. The van der Waals surface area contributed by atoms with Gasteiger partial charge in [0.25, 0.3) is 0 Å². The molecule has 2 nitrogen and oxygen atoms in total. The van der Waals surface area contributed by atoms with Gasteiger partial charge in [-0.05, 0) is 30.7 Å². The summed E-state index contributed by atoms with van der Waals surface area (Å²) in [5.74, 6) is -0.182. The van der Waals surface area contributed by atoms with Crippen molar-refractivity contribution in [2.45, 2.75) is 39.5 Å². The molecular weight excluding hydrogens is 253 g/mol. The second-order valence-electron chi connectivity index (χ2n) is 4.08. The monoisotopic (exact) mass is 273 g/mol. The van der Waals surface area contributed by atoms with Crippen molar-refractivity contribution in [3.63, 3.8) is 0 Å². The van der Waals surface area contributed by atoms with Crippen LogP contribution in [0.3, 0.4) is 0 Å². The van der Waals surface area contributed by atoms with Crippen LogP contribution in [0.2, 0.25) is 0 Å². The Morgan fingerprint density at radius 1 is 1.17 bits per heavy atom. The number of unbranched alkanes of at least 4 members (excludes halogenated alkanes) is 2. The number of hydrogen-bond acceptors (Lipinski definition) is 1. The normalized spacial score (nSPS) is 9.72. The summed E-state index contributed by atoms with van der Waals surface area (Å²) in [6.45, 7) is 4.69. The van der Waals surface area contributed by atoms with E-state index >= 15 is 0 Å². The first-order valence-corrected chi connectivity index (χ1v) is 6.25. The number of hydrogen-bond donors (Lipinski definition) is 0. The fourth-order valence-corrected chi connectivity index (χ4v) is 1.73. The van der Waals surface area contributed by atoms with E-state index in [0.717, 1.165) is 24.9 Å². The number of carbonyl (C=O) groups is 1. The summed E-state index contributed by atoms with van der Waals surface area (Å²) >= 11 is 0. The van der Waals surface area contributed by atoms with Crippen LogP contribution in [0.4, 0.5) is 10.1 Å². The van der Waals surface area contributed by atoms with E-state index in [9.17, 15) is 9.18 Å². The Labute approximate surface area is 115 Å². The van der Waals surface area contributed by atoms with E-state index in [-0.39, 0.29) is 24.1 Å². The van der Waals surface area contributed by atoms with Gasteiger partial charge in [-0.25, -0.2) is 4.39 Å². The van der Waals surface area contributed by atoms with Gasteiger partial charge in [0.1, 0.15) is 5.82 Å². The Balaban J connectivity index is 0.00000289. The molecule has 0 aromatic heterocycles. The van der Waals surface area contributed by atoms with Crippen molar-refractivity contribution < 1.29 is 9.18 Å². The average molecular weight is 274 g/mol. The Bertz CT molecular complexity index is 353. The van der Waals surface area contributed by atoms with E-state index in [1.807, 2.05) is 6.92 Å². The highest BCUT2D eigenvalue weighted by molar-refractivity contribution is 5.93. The molecule has 1 aromatic carbocycles. The number of rotatable bonds is 6. The Hall–Kier alpha value is -1.09. The lowest BCUT2D eigenvalue weighted by Gasteiger charge is -2.22. The van der Waals surface area contributed by atoms with Gasteiger partial charge in [0, 0.05) is 18.7 Å². The number of benzene rings is 1. The Kier molecular flexibility index (Phi) is 8.38. The summed E-state index contributed by atoms with van der Waals surface area (Å²) in [7, 11) is 0. The van der Waals surface area contributed by atoms with Crippen molar-refractivity contribution in [3.05, 3.63) is 30.1 Å². The quantitative estimate of drug-likeness (QED) is 0.712. The van der Waals surface area contributed by atoms with Gasteiger partial charge in [0.05, 0.1) is 0 Å². The van der Waals surface area contributed by atoms with Crippen molar-refractivity contribution >= 4 is 24.0 Å². The highest BCUT2D eigenvalue weighted by atomic mass is 35.5. The summed E-state index contributed by atoms with van der Waals surface area (Å²) in [6.07, 6.45) is 3.69. The van der Waals surface area contributed by atoms with Crippen LogP contribution >= 0.6 is 12.4 Å². The van der Waals surface area contributed by atoms with Crippen LogP contribution in [0.15, 0.2) is 24.3 Å². The zero-order valence-electron chi connectivity index (χ0n) is 11.0. The first-order chi connectivity index (χ1) is 8.19. The van der Waals surface area contributed by atoms with E-state index in [4.69, 9.17) is 0 Å². The van der Waals surface area contributed by atoms with Crippen molar-refractivity contribution in [1.29, 1.82) is 0 Å². The van der Waals surface area contributed by atoms with E-state index in [1.54, 1.807) is 17.0 Å². The van der Waals surface area contributed by atoms with Gasteiger partial charge in [-0.3, -0.25) is 4.79 Å². The molecule has 0 saturated heterocycles. The molecule has 0 bridgehead atoms. The highest BCUT2D eigenvalue weighted by Gasteiger charge is 2.13. The summed E-state index contributed by atoms with van der Waals surface area (Å²) in [6, 6.07) is 6.11. The summed E-state index contributed by atoms with van der Waals surface area (Å²) < 4.78 is 12.8. The van der Waals surface area contributed by atoms with Gasteiger partial charge < -0.3 is 4.90 Å². The maximum absolute atomic E-state index is 12.8. The standard InChI is InChI=1S/C14H20FNO.ClH/c1-3-5-6-11-16(14(17)4-2)13-9-7-12(15)8-10-13;/h7-10H,3-6,11H2,1-2H3;1H. The van der Waals surface area contributed by atoms with Gasteiger partial charge in [0.2, 0.25) is 5.91 Å². The molecule has 0 radical (unpaired) electrons. The number of amides is 1. The van der Waals surface area contributed by atoms with E-state index in [0.29, 0.717) is 13.0 Å². The third kappa shape index (κ3) is 5.05. The van der Waals surface area contributed by atoms with Gasteiger partial charge in [-0.2, -0.15) is 0 Å². The second kappa shape index (κ2) is 8.92. The SMILES string of the molecule is CCCCCN(C(=O)CC)c1ccc(F)cc1.Cl. The minimum atomic E-state index is -0.272. The molecular formula is C14H21ClFNO. The summed E-state index contributed by atoms with van der Waals surface area (Å²) in [4.78, 5) is 13.6. The fourth-order valence-electron chi connectivity index (χ4n) is 1.73. The van der Waals surface area contributed by atoms with E-state index < -0.39 is 0 Å². The van der Waals surface area contributed by atoms with E-state index in [1.165, 1.54) is 12.1 Å². The first-order valence-electron chi connectivity index (χ1n) is 6.25. The largest absolute Gasteiger partial charge is 0.312 e. The zero-order valence-corrected chi connectivity index (χ0v) is 11.8. The smallest absolute Gasteiger partial charge is 0.226 e. The van der Waals surface area contributed by atoms with E-state index in [2.05, 4.69) is 6.92 Å². The second-order valence-corrected chi connectivity index (χ2v) is 4.08. The lowest BCUT2D eigenvalue weighted by molar-refractivity contribution is -0.118. The Morgan fingerprint density at radius 2 is 1.78 bits per heavy atom. The lowest BCUT2D eigenvalue weighted by Crippen LogP contribution is -2.31. The maximum Gasteiger partial charge on any atom is 0.226 e. The van der Waals surface area contributed by atoms with Crippen LogP contribution in [0.5, 0.6) is 0 Å². The van der Waals surface area contributed by atoms with Crippen molar-refractivity contribution in [1.82, 2.24) is 0 Å². The lowest BCUT2D eigenvalue weighted by atomic mass is 10.2. The Morgan fingerprint density at radius 3 is 2.28 bits per heavy atom. The van der Waals surface area contributed by atoms with Crippen LogP contribution in [0, 0.1) is 5.82 Å². The maximum atomic E-state index is 12.8. The van der Waals surface area contributed by atoms with Crippen LogP contribution in [-0.4, -0.2) is 12.5 Å². The topological polar surface area (TPSA) is 20.3 Å². The molecule has 0 aliphatic carbocycles. The third-order valence-electron chi connectivity index (χ3n) is 2.73. The zero-order chi connectivity index (χ0) is 12.7. The molecule has 0 unspecified atom stereocenters. The molecule has 0 spiro atoms. The minimum Gasteiger partial charge on any atom is -0.312 e. The molecule has 102 valence electrons. The molecule has 4 heteroatoms. The third-order valence-corrected chi connectivity index (χ3v) is 2.73. The van der Waals surface area contributed by atoms with Crippen molar-refractivity contribution in [3.8, 4) is 0 Å². The molecule has 18 heavy (non-hydrogen) atoms. The summed E-state index contributed by atoms with van der Waals surface area (Å²) in [5.41, 5.74) is 0.786. The molecule has 0 atom stereocenters. The molecule has 0 heterocycles. The van der Waals surface area contributed by atoms with Crippen LogP contribution < -0.4 is 4.90 Å². The average Bonchev–Trinajstić information content (AvgIpc) is 2.35. The predicted octanol–water partition coefficient (Wildman–Crippen LogP) is 4.18. The van der Waals surface area contributed by atoms with Crippen LogP contribution in [0.25, 0.3) is 0 Å². The van der Waals surface area contributed by atoms with Gasteiger partial charge in [-0.1, -0.05) is 26.7 Å². The number of nitrogens with zero attached hydrogens (tertiary/aromatic N) is 1. The van der Waals surface area contributed by atoms with Crippen LogP contribution in [0.1, 0.15) is 39.5 Å². The molecule has 0 aliphatic heterocycles. The van der Waals surface area contributed by atoms with Crippen molar-refractivity contribution in [2.75, 3.05) is 11.4 Å². The van der Waals surface area contributed by atoms with Gasteiger partial charge in [-0.15, -0.1) is 12.4 Å². The molecule has 0 aliphatic rings. The molecule has 1 aromatic rings. The number of anilines is 1. The van der Waals surface area contributed by atoms with Gasteiger partial charge in [0.15, 0.2) is 0 Å². The molecule has 1 rings (SSSR count). The number of carbonyl (C=O) groups excluding carboxylic acids is 1. The minimum absolute atomic E-state index is 0. The number of halogens is 2. The molecule has 1 amide bonds. The summed E-state index contributed by atoms with van der Waals surface area (Å²) in [5, 5.41) is 0. The van der Waals surface area contributed by atoms with Gasteiger partial charge >= 0.3 is 0 Å². The van der Waals surface area contributed by atoms with Crippen molar-refractivity contribution in [2.24, 2.45) is 0 Å². The molecule has 0 N–H and O–H groups in total. The molecule has 0 saturated carbocycles. The first kappa shape index (κ1) is 16.9. The predicted molar refractivity (Wildman–Crippen MR) is 75.8 cm³/mol. The highest BCUT2D eigenvalue weighted by Crippen LogP contribution is 2.17.